The topological polar surface area (TPSA) is 38.7 Å². The molecule has 0 aromatic heterocycles. The second-order valence-electron chi connectivity index (χ2n) is 15.2. The zero-order valence-electron chi connectivity index (χ0n) is 31.0. The lowest BCUT2D eigenvalue weighted by molar-refractivity contribution is 0.324. The molecule has 262 valence electrons. The molecule has 4 aromatic carbocycles. The van der Waals surface area contributed by atoms with Crippen molar-refractivity contribution in [3.8, 4) is 0 Å². The third-order valence-corrected chi connectivity index (χ3v) is 10.2. The van der Waals surface area contributed by atoms with Crippen molar-refractivity contribution in [3.63, 3.8) is 0 Å². The van der Waals surface area contributed by atoms with Crippen LogP contribution in [0.2, 0.25) is 0 Å². The largest absolute Gasteiger partial charge is 0.508 e. The molecule has 5 heteroatoms. The Hall–Kier alpha value is -4.35. The number of nitrogens with one attached hydrogen (secondary N) is 1. The van der Waals surface area contributed by atoms with Crippen molar-refractivity contribution in [2.75, 3.05) is 34.0 Å². The first kappa shape index (κ1) is 36.9. The minimum atomic E-state index is -0.139. The van der Waals surface area contributed by atoms with E-state index in [0.717, 1.165) is 48.6 Å². The minimum Gasteiger partial charge on any atom is -0.508 e. The third-order valence-electron chi connectivity index (χ3n) is 9.08. The number of benzene rings is 4. The predicted molar refractivity (Wildman–Crippen MR) is 220 cm³/mol. The molecule has 4 aromatic rings. The average Bonchev–Trinajstić information content (AvgIpc) is 3.28. The molecular weight excluding hydrogens is 631 g/mol. The number of anilines is 6. The van der Waals surface area contributed by atoms with Gasteiger partial charge >= 0.3 is 0 Å². The quantitative estimate of drug-likeness (QED) is 0.137. The fourth-order valence-electron chi connectivity index (χ4n) is 6.22. The highest BCUT2D eigenvalue weighted by Crippen LogP contribution is 2.41. The first-order valence-electron chi connectivity index (χ1n) is 18.0. The number of rotatable bonds is 13. The first-order valence-corrected chi connectivity index (χ1v) is 19.0. The number of aliphatic hydroxyl groups is 1. The Labute approximate surface area is 305 Å². The van der Waals surface area contributed by atoms with Gasteiger partial charge in [0.1, 0.15) is 5.76 Å². The molecule has 0 spiro atoms. The molecule has 1 aliphatic rings. The smallest absolute Gasteiger partial charge is 0.115 e. The average molecular weight is 686 g/mol. The molecule has 5 rings (SSSR count). The van der Waals surface area contributed by atoms with E-state index in [1.54, 1.807) is 0 Å². The summed E-state index contributed by atoms with van der Waals surface area (Å²) in [5, 5.41) is 14.7. The molecule has 0 fully saturated rings. The summed E-state index contributed by atoms with van der Waals surface area (Å²) in [5.41, 5.74) is 7.78. The summed E-state index contributed by atoms with van der Waals surface area (Å²) in [6.45, 7) is 17.3. The second-order valence-corrected chi connectivity index (χ2v) is 16.4. The number of aliphatic hydroxyl groups excluding tert-OH is 1. The molecule has 0 saturated heterocycles. The van der Waals surface area contributed by atoms with Crippen LogP contribution < -0.4 is 15.1 Å². The van der Waals surface area contributed by atoms with E-state index in [1.807, 2.05) is 17.8 Å². The number of nitrogens with zero attached hydrogens (tertiary/aromatic N) is 2. The van der Waals surface area contributed by atoms with Gasteiger partial charge in [-0.05, 0) is 120 Å². The van der Waals surface area contributed by atoms with Crippen LogP contribution >= 0.6 is 11.8 Å². The summed E-state index contributed by atoms with van der Waals surface area (Å²) in [7, 11) is 0. The summed E-state index contributed by atoms with van der Waals surface area (Å²) in [4.78, 5) is 6.02. The number of hydrogen-bond donors (Lipinski definition) is 2. The minimum absolute atomic E-state index is 0.0216. The van der Waals surface area contributed by atoms with Gasteiger partial charge in [-0.3, -0.25) is 0 Å². The molecule has 1 aliphatic carbocycles. The zero-order valence-corrected chi connectivity index (χ0v) is 31.8. The standard InChI is InChI=1S/C45H55N3OS/c1-8-28-47(37-16-11-9-12-17-37)39-24-20-35(21-25-39)46-36-22-26-40(27-23-36)48(38-18-13-10-14-19-38)29-15-30-50-41-31-34(44(2,3)4)32-43(49)42(33-41)45(5,6)7/h9-14,16-27,31-34,46,49H,8,15,28-30H2,1-7H3. The Balaban J connectivity index is 1.26. The molecular formula is C45H55N3OS. The fraction of sp³-hybridized carbons (Fsp3) is 0.333. The van der Waals surface area contributed by atoms with E-state index in [9.17, 15) is 5.11 Å². The van der Waals surface area contributed by atoms with Crippen molar-refractivity contribution in [1.82, 2.24) is 0 Å². The highest BCUT2D eigenvalue weighted by Gasteiger charge is 2.28. The van der Waals surface area contributed by atoms with Crippen LogP contribution in [0.3, 0.4) is 0 Å². The van der Waals surface area contributed by atoms with Gasteiger partial charge in [-0.25, -0.2) is 0 Å². The van der Waals surface area contributed by atoms with Crippen LogP contribution in [0.5, 0.6) is 0 Å². The van der Waals surface area contributed by atoms with Gasteiger partial charge in [0, 0.05) is 58.0 Å². The molecule has 1 unspecified atom stereocenters. The van der Waals surface area contributed by atoms with Crippen LogP contribution in [0, 0.1) is 16.7 Å². The highest BCUT2D eigenvalue weighted by atomic mass is 32.2. The molecule has 1 atom stereocenters. The van der Waals surface area contributed by atoms with Gasteiger partial charge in [0.2, 0.25) is 0 Å². The van der Waals surface area contributed by atoms with E-state index in [0.29, 0.717) is 5.76 Å². The van der Waals surface area contributed by atoms with Crippen LogP contribution in [0.15, 0.2) is 144 Å². The summed E-state index contributed by atoms with van der Waals surface area (Å²) in [6, 6.07) is 38.7. The van der Waals surface area contributed by atoms with Crippen molar-refractivity contribution in [2.45, 2.75) is 61.3 Å². The van der Waals surface area contributed by atoms with Crippen molar-refractivity contribution in [1.29, 1.82) is 0 Å². The fourth-order valence-corrected chi connectivity index (χ4v) is 7.18. The lowest BCUT2D eigenvalue weighted by atomic mass is 9.79. The Morgan fingerprint density at radius 1 is 0.640 bits per heavy atom. The van der Waals surface area contributed by atoms with E-state index in [1.165, 1.54) is 27.7 Å². The summed E-state index contributed by atoms with van der Waals surface area (Å²) >= 11 is 1.89. The maximum atomic E-state index is 11.1. The molecule has 4 nitrogen and oxygen atoms in total. The Bertz CT molecular complexity index is 1750. The highest BCUT2D eigenvalue weighted by molar-refractivity contribution is 8.03. The van der Waals surface area contributed by atoms with Crippen LogP contribution in [-0.2, 0) is 0 Å². The van der Waals surface area contributed by atoms with Crippen molar-refractivity contribution in [2.24, 2.45) is 16.7 Å². The molecule has 0 aliphatic heterocycles. The van der Waals surface area contributed by atoms with Gasteiger partial charge in [-0.1, -0.05) is 90.9 Å². The van der Waals surface area contributed by atoms with E-state index < -0.39 is 0 Å². The summed E-state index contributed by atoms with van der Waals surface area (Å²) in [5.74, 6) is 1.56. The van der Waals surface area contributed by atoms with Crippen LogP contribution in [0.1, 0.15) is 61.3 Å². The maximum Gasteiger partial charge on any atom is 0.115 e. The molecule has 0 radical (unpaired) electrons. The normalized spacial score (nSPS) is 15.0. The number of hydrogen-bond acceptors (Lipinski definition) is 5. The number of thioether (sulfide) groups is 1. The van der Waals surface area contributed by atoms with E-state index in [4.69, 9.17) is 0 Å². The van der Waals surface area contributed by atoms with Gasteiger partial charge in [-0.15, -0.1) is 11.8 Å². The maximum absolute atomic E-state index is 11.1. The van der Waals surface area contributed by atoms with Crippen molar-refractivity contribution in [3.05, 3.63) is 144 Å². The molecule has 2 N–H and O–H groups in total. The van der Waals surface area contributed by atoms with Crippen molar-refractivity contribution < 1.29 is 5.11 Å². The zero-order chi connectivity index (χ0) is 35.7. The van der Waals surface area contributed by atoms with Gasteiger partial charge in [0.05, 0.1) is 0 Å². The number of allylic oxidation sites excluding steroid dienone is 4. The van der Waals surface area contributed by atoms with Gasteiger partial charge < -0.3 is 20.2 Å². The van der Waals surface area contributed by atoms with E-state index >= 15 is 0 Å². The second kappa shape index (κ2) is 16.6. The van der Waals surface area contributed by atoms with E-state index in [2.05, 4.69) is 185 Å². The van der Waals surface area contributed by atoms with Crippen molar-refractivity contribution >= 4 is 45.9 Å². The molecule has 50 heavy (non-hydrogen) atoms. The number of para-hydroxylation sites is 2. The molecule has 0 saturated carbocycles. The molecule has 0 amide bonds. The van der Waals surface area contributed by atoms with E-state index in [-0.39, 0.29) is 16.7 Å². The van der Waals surface area contributed by atoms with Crippen LogP contribution in [-0.4, -0.2) is 23.9 Å². The third kappa shape index (κ3) is 9.88. The Morgan fingerprint density at radius 3 is 1.58 bits per heavy atom. The lowest BCUT2D eigenvalue weighted by Crippen LogP contribution is -2.19. The van der Waals surface area contributed by atoms with Gasteiger partial charge in [0.25, 0.3) is 0 Å². The summed E-state index contributed by atoms with van der Waals surface area (Å²) < 4.78 is 0. The monoisotopic (exact) mass is 685 g/mol. The lowest BCUT2D eigenvalue weighted by Gasteiger charge is -2.26. The molecule has 0 heterocycles. The Morgan fingerprint density at radius 2 is 1.12 bits per heavy atom. The predicted octanol–water partition coefficient (Wildman–Crippen LogP) is 13.2. The first-order chi connectivity index (χ1) is 23.9. The van der Waals surface area contributed by atoms with Crippen LogP contribution in [0.25, 0.3) is 0 Å². The SMILES string of the molecule is CCCN(c1ccccc1)c1ccc(Nc2ccc(N(CCCSC3=CC(C(C)(C)C)C=C(O)C(C(C)(C)C)=C3)c3ccccc3)cc2)cc1. The van der Waals surface area contributed by atoms with Gasteiger partial charge in [-0.2, -0.15) is 0 Å². The Kier molecular flexibility index (Phi) is 12.2. The van der Waals surface area contributed by atoms with Gasteiger partial charge in [0.15, 0.2) is 0 Å². The summed E-state index contributed by atoms with van der Waals surface area (Å²) in [6.07, 6.45) is 8.69. The molecule has 0 bridgehead atoms. The van der Waals surface area contributed by atoms with Crippen LogP contribution in [0.4, 0.5) is 34.1 Å².